The third-order valence-electron chi connectivity index (χ3n) is 4.36. The number of benzene rings is 1. The van der Waals surface area contributed by atoms with Gasteiger partial charge < -0.3 is 14.8 Å². The minimum atomic E-state index is -0.587. The van der Waals surface area contributed by atoms with Crippen LogP contribution in [0.25, 0.3) is 0 Å². The van der Waals surface area contributed by atoms with Gasteiger partial charge in [0, 0.05) is 0 Å². The number of hydrogen-bond donors (Lipinski definition) is 1. The lowest BCUT2D eigenvalue weighted by molar-refractivity contribution is -0.159. The van der Waals surface area contributed by atoms with Gasteiger partial charge in [-0.25, -0.2) is 4.79 Å². The molecule has 1 rings (SSSR count). The summed E-state index contributed by atoms with van der Waals surface area (Å²) in [6.07, 6.45) is 2.04. The van der Waals surface area contributed by atoms with Gasteiger partial charge >= 0.3 is 12.1 Å². The van der Waals surface area contributed by atoms with Crippen LogP contribution in [-0.4, -0.2) is 29.3 Å². The van der Waals surface area contributed by atoms with Crippen LogP contribution in [0.4, 0.5) is 4.79 Å². The molecule has 0 radical (unpaired) electrons. The highest BCUT2D eigenvalue weighted by atomic mass is 16.6. The summed E-state index contributed by atoms with van der Waals surface area (Å²) in [6.45, 7) is 17.0. The maximum atomic E-state index is 12.7. The Morgan fingerprint density at radius 1 is 0.967 bits per heavy atom. The van der Waals surface area contributed by atoms with E-state index in [4.69, 9.17) is 9.47 Å². The molecule has 1 aromatic rings. The molecule has 0 spiro atoms. The number of ether oxygens (including phenoxy) is 2. The van der Waals surface area contributed by atoms with E-state index in [0.717, 1.165) is 11.1 Å². The van der Waals surface area contributed by atoms with Crippen LogP contribution in [0.5, 0.6) is 0 Å². The number of carbonyl (C=O) groups excluding carboxylic acids is 2. The Balaban J connectivity index is 3.14. The molecule has 0 aromatic heterocycles. The van der Waals surface area contributed by atoms with Crippen LogP contribution in [0, 0.1) is 11.8 Å². The Hall–Kier alpha value is -2.30. The van der Waals surface area contributed by atoms with E-state index in [1.54, 1.807) is 0 Å². The summed E-state index contributed by atoms with van der Waals surface area (Å²) in [5.41, 5.74) is 0.846. The van der Waals surface area contributed by atoms with Crippen LogP contribution < -0.4 is 5.32 Å². The van der Waals surface area contributed by atoms with E-state index in [1.807, 2.05) is 98.7 Å². The third kappa shape index (κ3) is 9.95. The molecular formula is C25H39NO4. The number of alkyl carbamates (subject to hydrolysis) is 1. The highest BCUT2D eigenvalue weighted by Gasteiger charge is 2.28. The van der Waals surface area contributed by atoms with Crippen molar-refractivity contribution < 1.29 is 19.1 Å². The molecule has 30 heavy (non-hydrogen) atoms. The van der Waals surface area contributed by atoms with Gasteiger partial charge in [-0.3, -0.25) is 4.79 Å². The van der Waals surface area contributed by atoms with Crippen LogP contribution in [0.3, 0.4) is 0 Å². The van der Waals surface area contributed by atoms with Gasteiger partial charge in [0.15, 0.2) is 0 Å². The van der Waals surface area contributed by atoms with E-state index < -0.39 is 23.2 Å². The maximum absolute atomic E-state index is 12.7. The van der Waals surface area contributed by atoms with Crippen molar-refractivity contribution in [1.82, 2.24) is 5.32 Å². The molecule has 0 aliphatic rings. The summed E-state index contributed by atoms with van der Waals surface area (Å²) < 4.78 is 11.1. The summed E-state index contributed by atoms with van der Waals surface area (Å²) in [5, 5.41) is 2.97. The van der Waals surface area contributed by atoms with Gasteiger partial charge in [0.05, 0.1) is 12.0 Å². The molecule has 0 heterocycles. The first kappa shape index (κ1) is 25.7. The number of rotatable bonds is 7. The molecule has 5 heteroatoms. The summed E-state index contributed by atoms with van der Waals surface area (Å²) in [4.78, 5) is 25.2. The molecule has 1 N–H and O–H groups in total. The molecule has 0 unspecified atom stereocenters. The van der Waals surface area contributed by atoms with Crippen LogP contribution in [0.2, 0.25) is 0 Å². The smallest absolute Gasteiger partial charge is 0.408 e. The average molecular weight is 418 g/mol. The largest absolute Gasteiger partial charge is 0.460 e. The summed E-state index contributed by atoms with van der Waals surface area (Å²) in [7, 11) is 0. The molecule has 0 bridgehead atoms. The SMILES string of the molecule is C/C(=C/[C@@H](C(=O)OC(C)(C)C)C(C)C)[C@@H](Cc1ccccc1)NC(=O)OC(C)(C)C. The van der Waals surface area contributed by atoms with Gasteiger partial charge in [0.25, 0.3) is 0 Å². The van der Waals surface area contributed by atoms with Crippen molar-refractivity contribution in [2.45, 2.75) is 86.0 Å². The minimum Gasteiger partial charge on any atom is -0.460 e. The van der Waals surface area contributed by atoms with E-state index >= 15 is 0 Å². The highest BCUT2D eigenvalue weighted by Crippen LogP contribution is 2.22. The first-order valence-electron chi connectivity index (χ1n) is 10.6. The summed E-state index contributed by atoms with van der Waals surface area (Å²) in [6, 6.07) is 9.63. The Labute approximate surface area is 182 Å². The maximum Gasteiger partial charge on any atom is 0.408 e. The first-order chi connectivity index (χ1) is 13.7. The Bertz CT molecular complexity index is 724. The van der Waals surface area contributed by atoms with Crippen LogP contribution in [0.1, 0.15) is 67.9 Å². The van der Waals surface area contributed by atoms with Gasteiger partial charge in [-0.05, 0) is 66.4 Å². The van der Waals surface area contributed by atoms with Crippen molar-refractivity contribution in [3.63, 3.8) is 0 Å². The molecule has 0 fully saturated rings. The van der Waals surface area contributed by atoms with E-state index in [9.17, 15) is 9.59 Å². The van der Waals surface area contributed by atoms with Crippen molar-refractivity contribution in [1.29, 1.82) is 0 Å². The Morgan fingerprint density at radius 2 is 1.50 bits per heavy atom. The van der Waals surface area contributed by atoms with Gasteiger partial charge in [0.2, 0.25) is 0 Å². The van der Waals surface area contributed by atoms with Gasteiger partial charge in [-0.15, -0.1) is 0 Å². The molecule has 0 saturated carbocycles. The second-order valence-corrected chi connectivity index (χ2v) is 10.1. The standard InChI is InChI=1S/C25H39NO4/c1-17(2)20(22(27)29-24(4,5)6)15-18(3)21(16-19-13-11-10-12-14-19)26-23(28)30-25(7,8)9/h10-15,17,20-21H,16H2,1-9H3,(H,26,28)/b18-15-/t20-,21-/m1/s1. The van der Waals surface area contributed by atoms with Gasteiger partial charge in [-0.1, -0.05) is 55.8 Å². The fraction of sp³-hybridized carbons (Fsp3) is 0.600. The monoisotopic (exact) mass is 417 g/mol. The van der Waals surface area contributed by atoms with Gasteiger partial charge in [-0.2, -0.15) is 0 Å². The zero-order valence-corrected chi connectivity index (χ0v) is 20.0. The predicted octanol–water partition coefficient (Wildman–Crippen LogP) is 5.68. The van der Waals surface area contributed by atoms with E-state index in [2.05, 4.69) is 5.32 Å². The molecular weight excluding hydrogens is 378 g/mol. The van der Waals surface area contributed by atoms with Crippen molar-refractivity contribution in [2.24, 2.45) is 11.8 Å². The van der Waals surface area contributed by atoms with Gasteiger partial charge in [0.1, 0.15) is 11.2 Å². The normalized spacial score (nSPS) is 14.8. The van der Waals surface area contributed by atoms with E-state index in [0.29, 0.717) is 6.42 Å². The number of nitrogens with one attached hydrogen (secondary N) is 1. The Kier molecular flexibility index (Phi) is 9.13. The van der Waals surface area contributed by atoms with Crippen LogP contribution >= 0.6 is 0 Å². The lowest BCUT2D eigenvalue weighted by Gasteiger charge is -2.27. The quantitative estimate of drug-likeness (QED) is 0.458. The van der Waals surface area contributed by atoms with E-state index in [1.165, 1.54) is 0 Å². The molecule has 2 atom stereocenters. The van der Waals surface area contributed by atoms with Crippen molar-refractivity contribution in [2.75, 3.05) is 0 Å². The number of esters is 1. The average Bonchev–Trinajstić information content (AvgIpc) is 2.56. The Morgan fingerprint density at radius 3 is 1.97 bits per heavy atom. The predicted molar refractivity (Wildman–Crippen MR) is 121 cm³/mol. The summed E-state index contributed by atoms with van der Waals surface area (Å²) >= 11 is 0. The first-order valence-corrected chi connectivity index (χ1v) is 10.6. The second-order valence-electron chi connectivity index (χ2n) is 10.1. The van der Waals surface area contributed by atoms with Crippen LogP contribution in [0.15, 0.2) is 42.0 Å². The lowest BCUT2D eigenvalue weighted by Crippen LogP contribution is -2.41. The summed E-state index contributed by atoms with van der Waals surface area (Å²) in [5.74, 6) is -0.593. The van der Waals surface area contributed by atoms with Crippen LogP contribution in [-0.2, 0) is 20.7 Å². The zero-order chi connectivity index (χ0) is 23.1. The fourth-order valence-electron chi connectivity index (χ4n) is 2.93. The zero-order valence-electron chi connectivity index (χ0n) is 20.0. The fourth-order valence-corrected chi connectivity index (χ4v) is 2.93. The lowest BCUT2D eigenvalue weighted by atomic mass is 9.90. The molecule has 1 amide bonds. The van der Waals surface area contributed by atoms with E-state index in [-0.39, 0.29) is 17.9 Å². The molecule has 0 aliphatic carbocycles. The molecule has 0 aliphatic heterocycles. The number of hydrogen-bond acceptors (Lipinski definition) is 4. The second kappa shape index (κ2) is 10.6. The minimum absolute atomic E-state index is 0.0636. The molecule has 0 saturated heterocycles. The highest BCUT2D eigenvalue weighted by molar-refractivity contribution is 5.75. The van der Waals surface area contributed by atoms with Crippen molar-refractivity contribution in [3.8, 4) is 0 Å². The molecule has 5 nitrogen and oxygen atoms in total. The molecule has 168 valence electrons. The third-order valence-corrected chi connectivity index (χ3v) is 4.36. The van der Waals surface area contributed by atoms with Crippen molar-refractivity contribution in [3.05, 3.63) is 47.5 Å². The van der Waals surface area contributed by atoms with Crippen molar-refractivity contribution >= 4 is 12.1 Å². The molecule has 1 aromatic carbocycles. The number of carbonyl (C=O) groups is 2. The topological polar surface area (TPSA) is 64.6 Å². The number of amides is 1.